The lowest BCUT2D eigenvalue weighted by Gasteiger charge is -2.14. The lowest BCUT2D eigenvalue weighted by molar-refractivity contribution is -0.142. The molecule has 1 rings (SSSR count). The summed E-state index contributed by atoms with van der Waals surface area (Å²) >= 11 is 0. The number of ether oxygens (including phenoxy) is 1. The van der Waals surface area contributed by atoms with E-state index >= 15 is 0 Å². The van der Waals surface area contributed by atoms with Gasteiger partial charge in [0.25, 0.3) is 0 Å². The number of carboxylic acid groups (broad SMARTS) is 1. The molecule has 21 heavy (non-hydrogen) atoms. The van der Waals surface area contributed by atoms with Crippen molar-refractivity contribution in [3.05, 3.63) is 29.3 Å². The quantitative estimate of drug-likeness (QED) is 0.665. The number of aryl methyl sites for hydroxylation is 2. The molecule has 0 aromatic heterocycles. The van der Waals surface area contributed by atoms with Crippen LogP contribution >= 0.6 is 0 Å². The molecule has 0 saturated heterocycles. The number of amides is 1. The van der Waals surface area contributed by atoms with E-state index in [1.165, 1.54) is 0 Å². The molecule has 6 nitrogen and oxygen atoms in total. The standard InChI is InChI=1S/C15H21NO5/c1-10-3-4-11(2)13(9-10)21-8-6-14(18)16-12(5-7-17)15(19)20/h3-4,9,12,17H,5-8H2,1-2H3,(H,16,18)(H,19,20). The van der Waals surface area contributed by atoms with Crippen LogP contribution in [0.4, 0.5) is 0 Å². The van der Waals surface area contributed by atoms with Crippen molar-refractivity contribution in [3.63, 3.8) is 0 Å². The van der Waals surface area contributed by atoms with Crippen molar-refractivity contribution in [1.29, 1.82) is 0 Å². The molecule has 1 atom stereocenters. The number of aliphatic hydroxyl groups excluding tert-OH is 1. The molecule has 1 aromatic carbocycles. The van der Waals surface area contributed by atoms with Gasteiger partial charge in [-0.15, -0.1) is 0 Å². The third kappa shape index (κ3) is 5.83. The number of hydrogen-bond donors (Lipinski definition) is 3. The number of carboxylic acids is 1. The number of benzene rings is 1. The molecule has 0 aliphatic heterocycles. The molecule has 0 saturated carbocycles. The van der Waals surface area contributed by atoms with Gasteiger partial charge in [0.15, 0.2) is 0 Å². The minimum Gasteiger partial charge on any atom is -0.493 e. The summed E-state index contributed by atoms with van der Waals surface area (Å²) in [6.07, 6.45) is 0.0432. The van der Waals surface area contributed by atoms with E-state index in [1.54, 1.807) is 0 Å². The Bertz CT molecular complexity index is 501. The van der Waals surface area contributed by atoms with Gasteiger partial charge in [-0.2, -0.15) is 0 Å². The van der Waals surface area contributed by atoms with Gasteiger partial charge in [0.05, 0.1) is 13.0 Å². The van der Waals surface area contributed by atoms with Gasteiger partial charge in [0, 0.05) is 13.0 Å². The SMILES string of the molecule is Cc1ccc(C)c(OCCC(=O)NC(CCO)C(=O)O)c1. The van der Waals surface area contributed by atoms with Crippen LogP contribution in [-0.4, -0.2) is 41.3 Å². The van der Waals surface area contributed by atoms with Crippen molar-refractivity contribution in [1.82, 2.24) is 5.32 Å². The number of aliphatic carboxylic acids is 1. The lowest BCUT2D eigenvalue weighted by Crippen LogP contribution is -2.41. The van der Waals surface area contributed by atoms with Gasteiger partial charge in [-0.3, -0.25) is 4.79 Å². The summed E-state index contributed by atoms with van der Waals surface area (Å²) in [5, 5.41) is 20.0. The van der Waals surface area contributed by atoms with Gasteiger partial charge in [0.2, 0.25) is 5.91 Å². The normalized spacial score (nSPS) is 11.8. The number of aliphatic hydroxyl groups is 1. The van der Waals surface area contributed by atoms with Gasteiger partial charge in [0.1, 0.15) is 11.8 Å². The van der Waals surface area contributed by atoms with E-state index in [0.29, 0.717) is 5.75 Å². The molecular formula is C15H21NO5. The Kier molecular flexibility index (Phi) is 6.68. The molecule has 0 aliphatic carbocycles. The summed E-state index contributed by atoms with van der Waals surface area (Å²) in [6.45, 7) is 3.74. The van der Waals surface area contributed by atoms with Crippen molar-refractivity contribution in [2.45, 2.75) is 32.7 Å². The van der Waals surface area contributed by atoms with E-state index in [2.05, 4.69) is 5.32 Å². The lowest BCUT2D eigenvalue weighted by atomic mass is 10.1. The number of nitrogens with one attached hydrogen (secondary N) is 1. The first-order valence-electron chi connectivity index (χ1n) is 6.77. The molecule has 0 spiro atoms. The average Bonchev–Trinajstić information content (AvgIpc) is 2.42. The number of rotatable bonds is 8. The molecule has 0 fully saturated rings. The maximum atomic E-state index is 11.6. The smallest absolute Gasteiger partial charge is 0.326 e. The van der Waals surface area contributed by atoms with Gasteiger partial charge in [-0.25, -0.2) is 4.79 Å². The Balaban J connectivity index is 2.42. The Morgan fingerprint density at radius 3 is 2.67 bits per heavy atom. The van der Waals surface area contributed by atoms with Gasteiger partial charge < -0.3 is 20.3 Å². The molecule has 1 aromatic rings. The predicted octanol–water partition coefficient (Wildman–Crippen LogP) is 1.02. The Labute approximate surface area is 123 Å². The van der Waals surface area contributed by atoms with Gasteiger partial charge >= 0.3 is 5.97 Å². The summed E-state index contributed by atoms with van der Waals surface area (Å²) in [5.74, 6) is -0.859. The van der Waals surface area contributed by atoms with E-state index in [0.717, 1.165) is 11.1 Å². The van der Waals surface area contributed by atoms with Gasteiger partial charge in [-0.1, -0.05) is 12.1 Å². The molecule has 0 heterocycles. The van der Waals surface area contributed by atoms with E-state index in [4.69, 9.17) is 14.9 Å². The predicted molar refractivity (Wildman–Crippen MR) is 77.3 cm³/mol. The summed E-state index contributed by atoms with van der Waals surface area (Å²) in [7, 11) is 0. The van der Waals surface area contributed by atoms with Crippen LogP contribution < -0.4 is 10.1 Å². The molecule has 0 radical (unpaired) electrons. The van der Waals surface area contributed by atoms with E-state index in [1.807, 2.05) is 32.0 Å². The fourth-order valence-electron chi connectivity index (χ4n) is 1.77. The van der Waals surface area contributed by atoms with Crippen LogP contribution in [0.3, 0.4) is 0 Å². The minimum absolute atomic E-state index is 0.0150. The molecule has 0 bridgehead atoms. The second-order valence-electron chi connectivity index (χ2n) is 4.84. The summed E-state index contributed by atoms with van der Waals surface area (Å²) in [6, 6.07) is 4.73. The number of hydrogen-bond acceptors (Lipinski definition) is 4. The summed E-state index contributed by atoms with van der Waals surface area (Å²) in [5.41, 5.74) is 2.04. The van der Waals surface area contributed by atoms with Crippen LogP contribution in [-0.2, 0) is 9.59 Å². The van der Waals surface area contributed by atoms with Crippen LogP contribution in [0, 0.1) is 13.8 Å². The highest BCUT2D eigenvalue weighted by molar-refractivity contribution is 5.83. The molecule has 6 heteroatoms. The Hall–Kier alpha value is -2.08. The second kappa shape index (κ2) is 8.26. The molecule has 1 amide bonds. The largest absolute Gasteiger partial charge is 0.493 e. The highest BCUT2D eigenvalue weighted by Gasteiger charge is 2.18. The molecule has 0 aliphatic rings. The third-order valence-electron chi connectivity index (χ3n) is 2.98. The van der Waals surface area contributed by atoms with Crippen molar-refractivity contribution < 1.29 is 24.5 Å². The van der Waals surface area contributed by atoms with Crippen molar-refractivity contribution >= 4 is 11.9 Å². The highest BCUT2D eigenvalue weighted by atomic mass is 16.5. The molecular weight excluding hydrogens is 274 g/mol. The first kappa shape index (κ1) is 17.0. The first-order chi connectivity index (χ1) is 9.93. The van der Waals surface area contributed by atoms with E-state index in [9.17, 15) is 9.59 Å². The van der Waals surface area contributed by atoms with Crippen LogP contribution in [0.25, 0.3) is 0 Å². The van der Waals surface area contributed by atoms with Crippen LogP contribution in [0.2, 0.25) is 0 Å². The van der Waals surface area contributed by atoms with Crippen LogP contribution in [0.15, 0.2) is 18.2 Å². The zero-order chi connectivity index (χ0) is 15.8. The van der Waals surface area contributed by atoms with Crippen LogP contribution in [0.1, 0.15) is 24.0 Å². The maximum Gasteiger partial charge on any atom is 0.326 e. The van der Waals surface area contributed by atoms with Gasteiger partial charge in [-0.05, 0) is 31.0 Å². The Morgan fingerprint density at radius 1 is 1.33 bits per heavy atom. The second-order valence-corrected chi connectivity index (χ2v) is 4.84. The van der Waals surface area contributed by atoms with E-state index < -0.39 is 17.9 Å². The number of carbonyl (C=O) groups excluding carboxylic acids is 1. The fourth-order valence-corrected chi connectivity index (χ4v) is 1.77. The molecule has 1 unspecified atom stereocenters. The zero-order valence-electron chi connectivity index (χ0n) is 12.3. The first-order valence-corrected chi connectivity index (χ1v) is 6.77. The highest BCUT2D eigenvalue weighted by Crippen LogP contribution is 2.19. The monoisotopic (exact) mass is 295 g/mol. The van der Waals surface area contributed by atoms with Crippen molar-refractivity contribution in [2.24, 2.45) is 0 Å². The average molecular weight is 295 g/mol. The van der Waals surface area contributed by atoms with Crippen molar-refractivity contribution in [2.75, 3.05) is 13.2 Å². The maximum absolute atomic E-state index is 11.6. The van der Waals surface area contributed by atoms with Crippen LogP contribution in [0.5, 0.6) is 5.75 Å². The Morgan fingerprint density at radius 2 is 2.05 bits per heavy atom. The minimum atomic E-state index is -1.16. The number of carbonyl (C=O) groups is 2. The zero-order valence-corrected chi connectivity index (χ0v) is 12.3. The summed E-state index contributed by atoms with van der Waals surface area (Å²) in [4.78, 5) is 22.5. The molecule has 3 N–H and O–H groups in total. The molecule has 116 valence electrons. The third-order valence-corrected chi connectivity index (χ3v) is 2.98. The topological polar surface area (TPSA) is 95.9 Å². The van der Waals surface area contributed by atoms with E-state index in [-0.39, 0.29) is 26.1 Å². The van der Waals surface area contributed by atoms with Crippen molar-refractivity contribution in [3.8, 4) is 5.75 Å². The summed E-state index contributed by atoms with van der Waals surface area (Å²) < 4.78 is 5.53. The fraction of sp³-hybridized carbons (Fsp3) is 0.467.